The van der Waals surface area contributed by atoms with Crippen molar-refractivity contribution in [2.45, 2.75) is 41.5 Å². The highest BCUT2D eigenvalue weighted by atomic mass is 14.1. The molecule has 0 aliphatic rings. The van der Waals surface area contributed by atoms with Crippen LogP contribution in [0, 0.1) is 41.5 Å². The first-order valence-electron chi connectivity index (χ1n) is 33.1. The average molecular weight is 1240 g/mol. The van der Waals surface area contributed by atoms with Gasteiger partial charge in [0, 0.05) is 0 Å². The van der Waals surface area contributed by atoms with E-state index in [0.717, 1.165) is 0 Å². The van der Waals surface area contributed by atoms with Crippen molar-refractivity contribution >= 4 is 0 Å². The van der Waals surface area contributed by atoms with Gasteiger partial charge in [0.15, 0.2) is 0 Å². The highest BCUT2D eigenvalue weighted by Crippen LogP contribution is 2.36. The Kier molecular flexibility index (Phi) is 24.8. The third-order valence-electron chi connectivity index (χ3n) is 16.7. The first kappa shape index (κ1) is 67.2. The number of aryl methyl sites for hydroxylation is 5. The van der Waals surface area contributed by atoms with E-state index in [-0.39, 0.29) is 0 Å². The lowest BCUT2D eigenvalue weighted by molar-refractivity contribution is 1.45. The Hall–Kier alpha value is -11.7. The molecular formula is C96H84. The average Bonchev–Trinajstić information content (AvgIpc) is 0.858. The molecule has 0 amide bonds. The maximum atomic E-state index is 2.26. The van der Waals surface area contributed by atoms with Gasteiger partial charge in [-0.2, -0.15) is 0 Å². The first-order valence-corrected chi connectivity index (χ1v) is 33.1. The number of benzene rings is 15. The smallest absolute Gasteiger partial charge is 0.00761 e. The fourth-order valence-electron chi connectivity index (χ4n) is 11.7. The second-order valence-electron chi connectivity index (χ2n) is 23.9. The zero-order valence-electron chi connectivity index (χ0n) is 56.1. The summed E-state index contributed by atoms with van der Waals surface area (Å²) in [5, 5.41) is 0. The zero-order valence-corrected chi connectivity index (χ0v) is 56.1. The molecule has 15 aromatic carbocycles. The molecule has 15 aromatic rings. The molecule has 0 N–H and O–H groups in total. The molecule has 0 bridgehead atoms. The molecule has 0 heteroatoms. The minimum Gasteiger partial charge on any atom is -0.0622 e. The van der Waals surface area contributed by atoms with Gasteiger partial charge in [-0.25, -0.2) is 0 Å². The Bertz CT molecular complexity index is 4600. The first-order chi connectivity index (χ1) is 47.1. The molecule has 0 aliphatic carbocycles. The minimum absolute atomic E-state index is 1.27. The molecule has 96 heavy (non-hydrogen) atoms. The second-order valence-corrected chi connectivity index (χ2v) is 23.9. The molecular weight excluding hydrogens is 1150 g/mol. The van der Waals surface area contributed by atoms with E-state index in [1.54, 1.807) is 0 Å². The van der Waals surface area contributed by atoms with Gasteiger partial charge in [-0.3, -0.25) is 0 Å². The molecule has 0 saturated heterocycles. The highest BCUT2D eigenvalue weighted by Gasteiger charge is 2.11. The fourth-order valence-corrected chi connectivity index (χ4v) is 11.7. The van der Waals surface area contributed by atoms with E-state index in [9.17, 15) is 0 Å². The molecule has 0 fully saturated rings. The number of rotatable bonds is 9. The summed E-state index contributed by atoms with van der Waals surface area (Å²) in [6, 6.07) is 140. The van der Waals surface area contributed by atoms with Crippen molar-refractivity contribution in [3.8, 4) is 100 Å². The van der Waals surface area contributed by atoms with Crippen LogP contribution in [0.2, 0.25) is 0 Å². The summed E-state index contributed by atoms with van der Waals surface area (Å²) in [7, 11) is 0. The normalized spacial score (nSPS) is 10.2. The lowest BCUT2D eigenvalue weighted by atomic mass is 9.91. The summed E-state index contributed by atoms with van der Waals surface area (Å²) >= 11 is 0. The van der Waals surface area contributed by atoms with Crippen LogP contribution in [0.5, 0.6) is 0 Å². The molecule has 0 aromatic heterocycles. The Labute approximate surface area is 571 Å². The van der Waals surface area contributed by atoms with Crippen molar-refractivity contribution in [3.63, 3.8) is 0 Å². The maximum Gasteiger partial charge on any atom is -0.00761 e. The van der Waals surface area contributed by atoms with Crippen LogP contribution in [0.3, 0.4) is 0 Å². The van der Waals surface area contributed by atoms with Crippen molar-refractivity contribution in [2.75, 3.05) is 0 Å². The van der Waals surface area contributed by atoms with Crippen LogP contribution in [0.4, 0.5) is 0 Å². The Morgan fingerprint density at radius 3 is 0.823 bits per heavy atom. The van der Waals surface area contributed by atoms with Crippen LogP contribution in [0.15, 0.2) is 400 Å². The van der Waals surface area contributed by atoms with Gasteiger partial charge in [-0.05, 0) is 170 Å². The fraction of sp³-hybridized carbons (Fsp3) is 0.0625. The number of hydrogen-bond acceptors (Lipinski definition) is 0. The summed E-state index contributed by atoms with van der Waals surface area (Å²) in [6.07, 6.45) is 0. The van der Waals surface area contributed by atoms with Gasteiger partial charge >= 0.3 is 0 Å². The molecule has 0 spiro atoms. The molecule has 0 atom stereocenters. The van der Waals surface area contributed by atoms with Crippen LogP contribution < -0.4 is 0 Å². The van der Waals surface area contributed by atoms with Gasteiger partial charge < -0.3 is 0 Å². The van der Waals surface area contributed by atoms with Gasteiger partial charge in [0.2, 0.25) is 0 Å². The van der Waals surface area contributed by atoms with E-state index < -0.39 is 0 Å². The van der Waals surface area contributed by atoms with Gasteiger partial charge in [0.05, 0.1) is 0 Å². The van der Waals surface area contributed by atoms with E-state index >= 15 is 0 Å². The Morgan fingerprint density at radius 2 is 0.406 bits per heavy atom. The van der Waals surface area contributed by atoms with E-state index in [2.05, 4.69) is 424 Å². The van der Waals surface area contributed by atoms with Gasteiger partial charge in [0.25, 0.3) is 0 Å². The standard InChI is InChI=1S/3C19H16.3C13H12/c1-15-9-8-14-18(16-10-4-2-5-11-16)19(15)17-12-6-3-7-13-17;1-15-18(16-9-4-2-5-10-16)13-8-14-19(15)17-11-6-3-7-12-17;1-15-12-18(16-8-4-2-5-9-16)14-19(13-15)17-10-6-3-7-11-17;1-11-7-5-6-10-13(11)12-8-3-2-4-9-12;1-11-6-5-9-13(10-11)12-7-3-2-4-8-12;1-11-7-9-13(10-8-11)12-5-3-2-4-6-12/h3*2-14H,1H3;3*2-10H,1H3. The van der Waals surface area contributed by atoms with Crippen molar-refractivity contribution in [1.29, 1.82) is 0 Å². The van der Waals surface area contributed by atoms with E-state index in [1.807, 2.05) is 18.2 Å². The summed E-state index contributed by atoms with van der Waals surface area (Å²) in [6.45, 7) is 12.9. The van der Waals surface area contributed by atoms with E-state index in [1.165, 1.54) is 134 Å². The van der Waals surface area contributed by atoms with Crippen molar-refractivity contribution < 1.29 is 0 Å². The molecule has 0 heterocycles. The van der Waals surface area contributed by atoms with Gasteiger partial charge in [-0.1, -0.05) is 405 Å². The van der Waals surface area contributed by atoms with Crippen LogP contribution in [-0.2, 0) is 0 Å². The Balaban J connectivity index is 0.000000126. The molecule has 0 radical (unpaired) electrons. The van der Waals surface area contributed by atoms with Gasteiger partial charge in [0.1, 0.15) is 0 Å². The van der Waals surface area contributed by atoms with E-state index in [4.69, 9.17) is 0 Å². The summed E-state index contributed by atoms with van der Waals surface area (Å²) < 4.78 is 0. The van der Waals surface area contributed by atoms with Crippen LogP contribution in [0.25, 0.3) is 100 Å². The van der Waals surface area contributed by atoms with Crippen LogP contribution >= 0.6 is 0 Å². The van der Waals surface area contributed by atoms with Gasteiger partial charge in [-0.15, -0.1) is 0 Å². The third-order valence-corrected chi connectivity index (χ3v) is 16.7. The molecule has 0 nitrogen and oxygen atoms in total. The lowest BCUT2D eigenvalue weighted by Gasteiger charge is -2.13. The summed E-state index contributed by atoms with van der Waals surface area (Å²) in [5.74, 6) is 0. The SMILES string of the molecule is Cc1c(-c2ccccc2)cccc1-c1ccccc1.Cc1cc(-c2ccccc2)cc(-c2ccccc2)c1.Cc1ccc(-c2ccccc2)cc1.Cc1cccc(-c2ccccc2)c1.Cc1cccc(-c2ccccc2)c1-c1ccccc1.Cc1ccccc1-c1ccccc1. The molecule has 468 valence electrons. The monoisotopic (exact) mass is 1240 g/mol. The van der Waals surface area contributed by atoms with Crippen molar-refractivity contribution in [2.24, 2.45) is 0 Å². The highest BCUT2D eigenvalue weighted by molar-refractivity contribution is 5.86. The van der Waals surface area contributed by atoms with Crippen LogP contribution in [0.1, 0.15) is 33.4 Å². The van der Waals surface area contributed by atoms with Crippen molar-refractivity contribution in [3.05, 3.63) is 434 Å². The molecule has 15 rings (SSSR count). The topological polar surface area (TPSA) is 0 Å². The molecule has 0 aliphatic heterocycles. The maximum absolute atomic E-state index is 2.26. The van der Waals surface area contributed by atoms with Crippen molar-refractivity contribution in [1.82, 2.24) is 0 Å². The largest absolute Gasteiger partial charge is 0.0622 e. The second kappa shape index (κ2) is 35.4. The number of hydrogen-bond donors (Lipinski definition) is 0. The Morgan fingerprint density at radius 1 is 0.135 bits per heavy atom. The third kappa shape index (κ3) is 19.4. The lowest BCUT2D eigenvalue weighted by Crippen LogP contribution is -1.88. The van der Waals surface area contributed by atoms with Crippen LogP contribution in [-0.4, -0.2) is 0 Å². The predicted octanol–water partition coefficient (Wildman–Crippen LogP) is 27.0. The molecule has 0 saturated carbocycles. The molecule has 0 unspecified atom stereocenters. The summed E-state index contributed by atoms with van der Waals surface area (Å²) in [4.78, 5) is 0. The summed E-state index contributed by atoms with van der Waals surface area (Å²) in [5.41, 5.74) is 31.1. The quantitative estimate of drug-likeness (QED) is 0.135. The minimum atomic E-state index is 1.27. The predicted molar refractivity (Wildman–Crippen MR) is 416 cm³/mol. The van der Waals surface area contributed by atoms with E-state index in [0.29, 0.717) is 0 Å². The zero-order chi connectivity index (χ0) is 66.5.